The van der Waals surface area contributed by atoms with Crippen molar-refractivity contribution >= 4 is 41.5 Å². The lowest BCUT2D eigenvalue weighted by Gasteiger charge is -2.38. The van der Waals surface area contributed by atoms with Crippen molar-refractivity contribution in [1.82, 2.24) is 10.2 Å². The van der Waals surface area contributed by atoms with Crippen molar-refractivity contribution in [2.75, 3.05) is 31.6 Å². The van der Waals surface area contributed by atoms with Crippen molar-refractivity contribution in [3.8, 4) is 0 Å². The van der Waals surface area contributed by atoms with E-state index in [0.29, 0.717) is 19.5 Å². The molecule has 2 fully saturated rings. The van der Waals surface area contributed by atoms with E-state index in [1.807, 2.05) is 36.1 Å². The predicted octanol–water partition coefficient (Wildman–Crippen LogP) is 4.11. The molecular weight excluding hydrogens is 522 g/mol. The molecule has 8 heteroatoms. The second-order valence-electron chi connectivity index (χ2n) is 8.11. The highest BCUT2D eigenvalue weighted by molar-refractivity contribution is 14.0. The quantitative estimate of drug-likeness (QED) is 0.353. The molecule has 4 rings (SSSR count). The van der Waals surface area contributed by atoms with Gasteiger partial charge in [0.2, 0.25) is 5.91 Å². The van der Waals surface area contributed by atoms with Gasteiger partial charge in [-0.3, -0.25) is 9.79 Å². The topological polar surface area (TPSA) is 57.2 Å². The fraction of sp³-hybridized carbons (Fsp3) is 0.417. The minimum absolute atomic E-state index is 0. The number of carbonyl (C=O) groups is 1. The van der Waals surface area contributed by atoms with Crippen LogP contribution < -0.4 is 10.2 Å². The molecule has 1 N–H and O–H groups in total. The Balaban J connectivity index is 0.00000289. The Bertz CT molecular complexity index is 936. The predicted molar refractivity (Wildman–Crippen MR) is 135 cm³/mol. The number of benzene rings is 2. The first kappa shape index (κ1) is 24.4. The maximum absolute atomic E-state index is 13.3. The van der Waals surface area contributed by atoms with Crippen LogP contribution in [-0.2, 0) is 16.1 Å². The average molecular weight is 552 g/mol. The first-order valence-electron chi connectivity index (χ1n) is 10.8. The van der Waals surface area contributed by atoms with E-state index in [1.165, 1.54) is 12.1 Å². The van der Waals surface area contributed by atoms with E-state index < -0.39 is 0 Å². The minimum atomic E-state index is -0.248. The van der Waals surface area contributed by atoms with E-state index in [9.17, 15) is 9.18 Å². The van der Waals surface area contributed by atoms with Gasteiger partial charge in [0.1, 0.15) is 11.9 Å². The average Bonchev–Trinajstić information content (AvgIpc) is 3.20. The van der Waals surface area contributed by atoms with Gasteiger partial charge in [0.05, 0.1) is 12.6 Å². The summed E-state index contributed by atoms with van der Waals surface area (Å²) < 4.78 is 19.4. The number of halogens is 2. The summed E-state index contributed by atoms with van der Waals surface area (Å²) in [6.07, 6.45) is 1.45. The van der Waals surface area contributed by atoms with Crippen LogP contribution in [0.3, 0.4) is 0 Å². The number of guanidine groups is 1. The second-order valence-corrected chi connectivity index (χ2v) is 8.11. The molecule has 32 heavy (non-hydrogen) atoms. The number of hydrogen-bond donors (Lipinski definition) is 1. The Morgan fingerprint density at radius 3 is 2.50 bits per heavy atom. The minimum Gasteiger partial charge on any atom is -0.367 e. The van der Waals surface area contributed by atoms with Crippen LogP contribution in [0, 0.1) is 5.82 Å². The van der Waals surface area contributed by atoms with E-state index >= 15 is 0 Å². The summed E-state index contributed by atoms with van der Waals surface area (Å²) in [5, 5.41) is 3.43. The maximum Gasteiger partial charge on any atom is 0.227 e. The standard InChI is InChI=1S/C24H29FN4O2.HI/c1-17-15-28(16-22(31-17)19-7-9-20(25)10-8-19)24(26-2)27-14-18-5-11-21(12-6-18)29-13-3-4-23(29)30;/h5-12,17,22H,3-4,13-16H2,1-2H3,(H,26,27);1H. The molecule has 0 bridgehead atoms. The Morgan fingerprint density at radius 1 is 1.16 bits per heavy atom. The molecule has 2 unspecified atom stereocenters. The summed E-state index contributed by atoms with van der Waals surface area (Å²) in [6.45, 7) is 4.84. The van der Waals surface area contributed by atoms with Crippen LogP contribution in [0.1, 0.15) is 37.0 Å². The fourth-order valence-electron chi connectivity index (χ4n) is 4.21. The van der Waals surface area contributed by atoms with Gasteiger partial charge in [-0.1, -0.05) is 24.3 Å². The van der Waals surface area contributed by atoms with E-state index in [2.05, 4.69) is 15.2 Å². The van der Waals surface area contributed by atoms with Gasteiger partial charge in [-0.05, 0) is 48.7 Å². The molecule has 172 valence electrons. The number of aliphatic imine (C=N–C) groups is 1. The molecule has 6 nitrogen and oxygen atoms in total. The van der Waals surface area contributed by atoms with Crippen LogP contribution in [0.5, 0.6) is 0 Å². The summed E-state index contributed by atoms with van der Waals surface area (Å²) in [5.41, 5.74) is 3.04. The number of hydrogen-bond acceptors (Lipinski definition) is 3. The van der Waals surface area contributed by atoms with E-state index in [4.69, 9.17) is 4.74 Å². The van der Waals surface area contributed by atoms with Crippen molar-refractivity contribution < 1.29 is 13.9 Å². The van der Waals surface area contributed by atoms with Crippen LogP contribution in [0.15, 0.2) is 53.5 Å². The zero-order chi connectivity index (χ0) is 21.8. The molecule has 0 aliphatic carbocycles. The van der Waals surface area contributed by atoms with Crippen molar-refractivity contribution in [2.24, 2.45) is 4.99 Å². The largest absolute Gasteiger partial charge is 0.367 e. The van der Waals surface area contributed by atoms with Gasteiger partial charge in [-0.25, -0.2) is 4.39 Å². The van der Waals surface area contributed by atoms with Gasteiger partial charge in [0.25, 0.3) is 0 Å². The molecule has 0 aromatic heterocycles. The lowest BCUT2D eigenvalue weighted by Crippen LogP contribution is -2.50. The maximum atomic E-state index is 13.3. The third-order valence-electron chi connectivity index (χ3n) is 5.79. The number of anilines is 1. The molecule has 2 aliphatic heterocycles. The Morgan fingerprint density at radius 2 is 1.88 bits per heavy atom. The summed E-state index contributed by atoms with van der Waals surface area (Å²) in [6, 6.07) is 14.6. The van der Waals surface area contributed by atoms with Crippen LogP contribution in [0.2, 0.25) is 0 Å². The summed E-state index contributed by atoms with van der Waals surface area (Å²) in [7, 11) is 1.78. The van der Waals surface area contributed by atoms with Gasteiger partial charge in [-0.2, -0.15) is 0 Å². The van der Waals surface area contributed by atoms with E-state index in [0.717, 1.165) is 42.3 Å². The van der Waals surface area contributed by atoms with Gasteiger partial charge in [-0.15, -0.1) is 24.0 Å². The third-order valence-corrected chi connectivity index (χ3v) is 5.79. The summed E-state index contributed by atoms with van der Waals surface area (Å²) >= 11 is 0. The van der Waals surface area contributed by atoms with Crippen molar-refractivity contribution in [3.63, 3.8) is 0 Å². The van der Waals surface area contributed by atoms with Crippen molar-refractivity contribution in [2.45, 2.75) is 38.5 Å². The number of nitrogens with one attached hydrogen (secondary N) is 1. The third kappa shape index (κ3) is 5.78. The summed E-state index contributed by atoms with van der Waals surface area (Å²) in [5.74, 6) is 0.756. The molecule has 0 saturated carbocycles. The number of rotatable bonds is 4. The molecule has 2 heterocycles. The Kier molecular flexibility index (Phi) is 8.47. The molecule has 0 spiro atoms. The first-order valence-corrected chi connectivity index (χ1v) is 10.8. The highest BCUT2D eigenvalue weighted by atomic mass is 127. The first-order chi connectivity index (χ1) is 15.0. The van der Waals surface area contributed by atoms with Crippen molar-refractivity contribution in [1.29, 1.82) is 0 Å². The molecular formula is C24H30FIN4O2. The van der Waals surface area contributed by atoms with Gasteiger partial charge < -0.3 is 19.9 Å². The van der Waals surface area contributed by atoms with Crippen LogP contribution in [0.4, 0.5) is 10.1 Å². The van der Waals surface area contributed by atoms with Crippen LogP contribution >= 0.6 is 24.0 Å². The molecule has 0 radical (unpaired) electrons. The Labute approximate surface area is 205 Å². The van der Waals surface area contributed by atoms with Gasteiger partial charge in [0.15, 0.2) is 5.96 Å². The van der Waals surface area contributed by atoms with E-state index in [-0.39, 0.29) is 47.9 Å². The van der Waals surface area contributed by atoms with Gasteiger partial charge >= 0.3 is 0 Å². The lowest BCUT2D eigenvalue weighted by molar-refractivity contribution is -0.117. The van der Waals surface area contributed by atoms with Gasteiger partial charge in [0, 0.05) is 38.8 Å². The lowest BCUT2D eigenvalue weighted by atomic mass is 10.1. The monoisotopic (exact) mass is 552 g/mol. The normalized spacial score (nSPS) is 21.5. The van der Waals surface area contributed by atoms with Crippen LogP contribution in [0.25, 0.3) is 0 Å². The zero-order valence-corrected chi connectivity index (χ0v) is 20.8. The summed E-state index contributed by atoms with van der Waals surface area (Å²) in [4.78, 5) is 20.4. The number of ether oxygens (including phenoxy) is 1. The van der Waals surface area contributed by atoms with Crippen LogP contribution in [-0.4, -0.2) is 49.6 Å². The molecule has 2 atom stereocenters. The number of nitrogens with zero attached hydrogens (tertiary/aromatic N) is 3. The number of amides is 1. The fourth-order valence-corrected chi connectivity index (χ4v) is 4.21. The molecule has 2 aliphatic rings. The highest BCUT2D eigenvalue weighted by Crippen LogP contribution is 2.26. The number of carbonyl (C=O) groups excluding carboxylic acids is 1. The van der Waals surface area contributed by atoms with Crippen molar-refractivity contribution in [3.05, 3.63) is 65.5 Å². The van der Waals surface area contributed by atoms with E-state index in [1.54, 1.807) is 19.2 Å². The molecule has 1 amide bonds. The number of morpholine rings is 1. The molecule has 2 aromatic carbocycles. The zero-order valence-electron chi connectivity index (χ0n) is 18.5. The smallest absolute Gasteiger partial charge is 0.227 e. The Hall–Kier alpha value is -2.20. The highest BCUT2D eigenvalue weighted by Gasteiger charge is 2.28. The molecule has 2 saturated heterocycles. The second kappa shape index (κ2) is 11.1. The molecule has 2 aromatic rings. The SMILES string of the molecule is CN=C(NCc1ccc(N2CCCC2=O)cc1)N1CC(C)OC(c2ccc(F)cc2)C1.I.